The van der Waals surface area contributed by atoms with Gasteiger partial charge in [-0.15, -0.1) is 11.3 Å². The van der Waals surface area contributed by atoms with Crippen LogP contribution in [0.3, 0.4) is 0 Å². The Labute approximate surface area is 203 Å². The first-order valence-corrected chi connectivity index (χ1v) is 12.1. The quantitative estimate of drug-likeness (QED) is 0.228. The lowest BCUT2D eigenvalue weighted by molar-refractivity contribution is -0.113. The molecule has 33 heavy (non-hydrogen) atoms. The molecule has 172 valence electrons. The van der Waals surface area contributed by atoms with Crippen LogP contribution in [0, 0.1) is 6.92 Å². The monoisotopic (exact) mass is 480 g/mol. The second kappa shape index (κ2) is 12.8. The van der Waals surface area contributed by atoms with Crippen LogP contribution in [0.5, 0.6) is 0 Å². The Morgan fingerprint density at radius 2 is 1.79 bits per heavy atom. The summed E-state index contributed by atoms with van der Waals surface area (Å²) in [6.45, 7) is 8.05. The van der Waals surface area contributed by atoms with E-state index in [2.05, 4.69) is 54.4 Å². The highest BCUT2D eigenvalue weighted by Crippen LogP contribution is 2.32. The molecule has 0 spiro atoms. The van der Waals surface area contributed by atoms with Crippen molar-refractivity contribution < 1.29 is 14.7 Å². The van der Waals surface area contributed by atoms with Crippen LogP contribution in [0.25, 0.3) is 16.5 Å². The third kappa shape index (κ3) is 7.73. The van der Waals surface area contributed by atoms with Crippen LogP contribution in [0.2, 0.25) is 0 Å². The molecule has 0 bridgehead atoms. The van der Waals surface area contributed by atoms with E-state index in [0.29, 0.717) is 17.3 Å². The number of allylic oxidation sites excluding steroid dienone is 1. The van der Waals surface area contributed by atoms with Crippen molar-refractivity contribution in [3.8, 4) is 10.4 Å². The van der Waals surface area contributed by atoms with Gasteiger partial charge in [0.15, 0.2) is 5.17 Å². The Bertz CT molecular complexity index is 1150. The average Bonchev–Trinajstić information content (AvgIpc) is 3.28. The number of amidine groups is 1. The van der Waals surface area contributed by atoms with Gasteiger partial charge >= 0.3 is 5.97 Å². The topological polar surface area (TPSA) is 70.0 Å². The minimum atomic E-state index is -0.991. The van der Waals surface area contributed by atoms with Gasteiger partial charge in [0.05, 0.1) is 11.3 Å². The van der Waals surface area contributed by atoms with Gasteiger partial charge in [-0.1, -0.05) is 55.4 Å². The van der Waals surface area contributed by atoms with Crippen LogP contribution < -0.4 is 0 Å². The minimum absolute atomic E-state index is 0.190. The number of aromatic carboxylic acids is 1. The lowest BCUT2D eigenvalue weighted by Gasteiger charge is -2.13. The summed E-state index contributed by atoms with van der Waals surface area (Å²) in [6.07, 6.45) is 2.77. The van der Waals surface area contributed by atoms with Crippen molar-refractivity contribution in [1.82, 2.24) is 4.90 Å². The molecule has 3 rings (SSSR count). The molecule has 0 unspecified atom stereocenters. The zero-order valence-electron chi connectivity index (χ0n) is 19.4. The van der Waals surface area contributed by atoms with E-state index in [1.807, 2.05) is 20.8 Å². The van der Waals surface area contributed by atoms with Crippen LogP contribution in [-0.2, 0) is 4.79 Å². The minimum Gasteiger partial charge on any atom is -0.478 e. The first-order chi connectivity index (χ1) is 15.9. The second-order valence-electron chi connectivity index (χ2n) is 6.89. The number of thioether (sulfide) groups is 1. The number of carbonyl (C=O) groups excluding carboxylic acids is 1. The second-order valence-corrected chi connectivity index (χ2v) is 9.22. The van der Waals surface area contributed by atoms with Crippen molar-refractivity contribution in [2.24, 2.45) is 4.99 Å². The Kier molecular flexibility index (Phi) is 10.1. The number of aryl methyl sites for hydroxylation is 1. The lowest BCUT2D eigenvalue weighted by atomic mass is 10.1. The molecule has 1 heterocycles. The molecule has 1 aromatic heterocycles. The van der Waals surface area contributed by atoms with Crippen molar-refractivity contribution in [1.29, 1.82) is 0 Å². The Morgan fingerprint density at radius 1 is 1.09 bits per heavy atom. The molecular weight excluding hydrogens is 452 g/mol. The van der Waals surface area contributed by atoms with E-state index in [-0.39, 0.29) is 5.56 Å². The molecule has 0 aliphatic carbocycles. The SMILES string of the molecule is C/C(=C/c1ccc(-c2cccc(C)c2)s1)SC(=Nc1ccc(C(=O)O)cc1)N(C)C=O.CC. The van der Waals surface area contributed by atoms with Crippen molar-refractivity contribution in [3.63, 3.8) is 0 Å². The highest BCUT2D eigenvalue weighted by Gasteiger charge is 2.10. The Balaban J connectivity index is 0.00000187. The van der Waals surface area contributed by atoms with Gasteiger partial charge in [-0.25, -0.2) is 9.79 Å². The van der Waals surface area contributed by atoms with Crippen LogP contribution in [0.15, 0.2) is 70.6 Å². The van der Waals surface area contributed by atoms with E-state index in [1.165, 1.54) is 44.8 Å². The number of nitrogens with zero attached hydrogens (tertiary/aromatic N) is 2. The maximum absolute atomic E-state index is 11.3. The Morgan fingerprint density at radius 3 is 2.39 bits per heavy atom. The van der Waals surface area contributed by atoms with Crippen molar-refractivity contribution in [2.75, 3.05) is 7.05 Å². The summed E-state index contributed by atoms with van der Waals surface area (Å²) < 4.78 is 0. The number of carboxylic acid groups (broad SMARTS) is 1. The van der Waals surface area contributed by atoms with Crippen molar-refractivity contribution >= 4 is 52.4 Å². The summed E-state index contributed by atoms with van der Waals surface area (Å²) in [4.78, 5) is 31.6. The largest absolute Gasteiger partial charge is 0.478 e. The van der Waals surface area contributed by atoms with Gasteiger partial charge < -0.3 is 5.11 Å². The first-order valence-electron chi connectivity index (χ1n) is 10.5. The number of aliphatic imine (C=N–C) groups is 1. The lowest BCUT2D eigenvalue weighted by Crippen LogP contribution is -2.21. The summed E-state index contributed by atoms with van der Waals surface area (Å²) in [7, 11) is 1.64. The molecule has 0 saturated carbocycles. The van der Waals surface area contributed by atoms with Gasteiger partial charge in [-0.05, 0) is 66.8 Å². The van der Waals surface area contributed by atoms with E-state index in [1.54, 1.807) is 30.5 Å². The zero-order chi connectivity index (χ0) is 24.4. The third-order valence-corrected chi connectivity index (χ3v) is 6.41. The summed E-state index contributed by atoms with van der Waals surface area (Å²) in [6, 6.07) is 18.8. The van der Waals surface area contributed by atoms with Crippen molar-refractivity contribution in [2.45, 2.75) is 27.7 Å². The number of carbonyl (C=O) groups is 2. The van der Waals surface area contributed by atoms with E-state index in [9.17, 15) is 9.59 Å². The van der Waals surface area contributed by atoms with Gasteiger partial charge in [0.2, 0.25) is 6.41 Å². The van der Waals surface area contributed by atoms with E-state index in [4.69, 9.17) is 5.11 Å². The molecular formula is C26H28N2O3S2. The zero-order valence-corrected chi connectivity index (χ0v) is 21.0. The molecule has 5 nitrogen and oxygen atoms in total. The number of carboxylic acids is 1. The van der Waals surface area contributed by atoms with E-state index in [0.717, 1.165) is 9.78 Å². The molecule has 0 aliphatic heterocycles. The molecule has 0 radical (unpaired) electrons. The maximum atomic E-state index is 11.3. The average molecular weight is 481 g/mol. The van der Waals surface area contributed by atoms with Crippen molar-refractivity contribution in [3.05, 3.63) is 81.6 Å². The normalized spacial score (nSPS) is 11.4. The van der Waals surface area contributed by atoms with E-state index < -0.39 is 5.97 Å². The number of benzene rings is 2. The summed E-state index contributed by atoms with van der Waals surface area (Å²) in [5.41, 5.74) is 3.19. The summed E-state index contributed by atoms with van der Waals surface area (Å²) >= 11 is 3.09. The number of rotatable bonds is 6. The number of thiophene rings is 1. The molecule has 0 fully saturated rings. The molecule has 7 heteroatoms. The molecule has 0 aliphatic rings. The first kappa shape index (κ1) is 26.1. The fraction of sp³-hybridized carbons (Fsp3) is 0.192. The molecule has 1 amide bonds. The van der Waals surface area contributed by atoms with Gasteiger partial charge in [0, 0.05) is 16.8 Å². The van der Waals surface area contributed by atoms with Crippen LogP contribution in [0.4, 0.5) is 5.69 Å². The van der Waals surface area contributed by atoms with Gasteiger partial charge in [-0.2, -0.15) is 0 Å². The number of hydrogen-bond donors (Lipinski definition) is 1. The van der Waals surface area contributed by atoms with Gasteiger partial charge in [-0.3, -0.25) is 9.69 Å². The molecule has 1 N–H and O–H groups in total. The molecule has 0 atom stereocenters. The molecule has 3 aromatic rings. The maximum Gasteiger partial charge on any atom is 0.335 e. The van der Waals surface area contributed by atoms with Gasteiger partial charge in [0.1, 0.15) is 0 Å². The highest BCUT2D eigenvalue weighted by atomic mass is 32.2. The summed E-state index contributed by atoms with van der Waals surface area (Å²) in [5, 5.41) is 9.53. The fourth-order valence-electron chi connectivity index (χ4n) is 2.77. The number of amides is 1. The number of hydrogen-bond acceptors (Lipinski definition) is 5. The molecule has 2 aromatic carbocycles. The van der Waals surface area contributed by atoms with Crippen LogP contribution in [0.1, 0.15) is 41.6 Å². The van der Waals surface area contributed by atoms with E-state index >= 15 is 0 Å². The third-order valence-electron chi connectivity index (χ3n) is 4.33. The van der Waals surface area contributed by atoms with Crippen LogP contribution >= 0.6 is 23.1 Å². The predicted molar refractivity (Wildman–Crippen MR) is 141 cm³/mol. The fourth-order valence-corrected chi connectivity index (χ4v) is 4.66. The predicted octanol–water partition coefficient (Wildman–Crippen LogP) is 7.32. The summed E-state index contributed by atoms with van der Waals surface area (Å²) in [5.74, 6) is -0.991. The highest BCUT2D eigenvalue weighted by molar-refractivity contribution is 8.17. The van der Waals surface area contributed by atoms with Gasteiger partial charge in [0.25, 0.3) is 0 Å². The smallest absolute Gasteiger partial charge is 0.335 e. The Hall–Kier alpha value is -3.16. The van der Waals surface area contributed by atoms with Crippen LogP contribution in [-0.4, -0.2) is 34.6 Å². The molecule has 0 saturated heterocycles. The standard InChI is InChI=1S/C24H22N2O3S2.C2H6/c1-16-5-4-6-19(13-16)22-12-11-21(31-22)14-17(2)30-24(26(3)15-27)25-20-9-7-18(8-10-20)23(28)29;1-2/h4-15H,1-3H3,(H,28,29);1-2H3/b17-14-,25-24?;.